The molecule has 0 aliphatic carbocycles. The molecule has 1 aromatic rings. The first-order valence-electron chi connectivity index (χ1n) is 5.44. The first-order chi connectivity index (χ1) is 7.45. The summed E-state index contributed by atoms with van der Waals surface area (Å²) in [5.74, 6) is 2.58. The van der Waals surface area contributed by atoms with E-state index in [1.807, 2.05) is 6.07 Å². The van der Waals surface area contributed by atoms with Gasteiger partial charge in [-0.05, 0) is 6.07 Å². The van der Waals surface area contributed by atoms with Crippen molar-refractivity contribution in [2.45, 2.75) is 6.54 Å². The standard InChI is InChI=1S/C10H18N4S/c1-2-12-13-10(1)9-11-3-4-14-5-7-15-8-6-14/h1-2,11H,3-9H2,(H,12,13). The molecule has 15 heavy (non-hydrogen) atoms. The van der Waals surface area contributed by atoms with E-state index in [1.165, 1.54) is 24.6 Å². The maximum absolute atomic E-state index is 3.91. The fourth-order valence-electron chi connectivity index (χ4n) is 1.67. The van der Waals surface area contributed by atoms with Crippen LogP contribution in [0.25, 0.3) is 0 Å². The molecular formula is C10H18N4S. The summed E-state index contributed by atoms with van der Waals surface area (Å²) < 4.78 is 0. The molecule has 1 aliphatic rings. The zero-order chi connectivity index (χ0) is 10.3. The molecule has 4 nitrogen and oxygen atoms in total. The Hall–Kier alpha value is -0.520. The molecule has 0 atom stereocenters. The summed E-state index contributed by atoms with van der Waals surface area (Å²) in [6.45, 7) is 5.60. The van der Waals surface area contributed by atoms with Gasteiger partial charge in [0.1, 0.15) is 0 Å². The molecular weight excluding hydrogens is 208 g/mol. The molecule has 0 radical (unpaired) electrons. The number of hydrogen-bond acceptors (Lipinski definition) is 4. The predicted octanol–water partition coefficient (Wildman–Crippen LogP) is 0.548. The van der Waals surface area contributed by atoms with Crippen LogP contribution in [0.3, 0.4) is 0 Å². The zero-order valence-electron chi connectivity index (χ0n) is 8.91. The van der Waals surface area contributed by atoms with Crippen LogP contribution in [0.1, 0.15) is 5.69 Å². The van der Waals surface area contributed by atoms with Gasteiger partial charge in [0.25, 0.3) is 0 Å². The molecule has 0 spiro atoms. The van der Waals surface area contributed by atoms with E-state index in [-0.39, 0.29) is 0 Å². The third kappa shape index (κ3) is 3.85. The van der Waals surface area contributed by atoms with Crippen molar-refractivity contribution < 1.29 is 0 Å². The Bertz CT molecular complexity index is 256. The molecule has 2 rings (SSSR count). The molecule has 2 heterocycles. The Morgan fingerprint density at radius 2 is 2.33 bits per heavy atom. The highest BCUT2D eigenvalue weighted by molar-refractivity contribution is 7.99. The summed E-state index contributed by atoms with van der Waals surface area (Å²) in [4.78, 5) is 2.52. The minimum Gasteiger partial charge on any atom is -0.310 e. The topological polar surface area (TPSA) is 44.0 Å². The van der Waals surface area contributed by atoms with E-state index in [0.29, 0.717) is 0 Å². The summed E-state index contributed by atoms with van der Waals surface area (Å²) in [5, 5.41) is 10.3. The summed E-state index contributed by atoms with van der Waals surface area (Å²) in [6.07, 6.45) is 1.79. The van der Waals surface area contributed by atoms with Crippen molar-refractivity contribution in [3.05, 3.63) is 18.0 Å². The van der Waals surface area contributed by atoms with Crippen molar-refractivity contribution >= 4 is 11.8 Å². The lowest BCUT2D eigenvalue weighted by molar-refractivity contribution is 0.301. The van der Waals surface area contributed by atoms with Crippen LogP contribution in [-0.2, 0) is 6.54 Å². The number of nitrogens with zero attached hydrogens (tertiary/aromatic N) is 2. The van der Waals surface area contributed by atoms with E-state index in [9.17, 15) is 0 Å². The van der Waals surface area contributed by atoms with Crippen molar-refractivity contribution in [2.24, 2.45) is 0 Å². The number of H-pyrrole nitrogens is 1. The quantitative estimate of drug-likeness (QED) is 0.720. The van der Waals surface area contributed by atoms with E-state index in [4.69, 9.17) is 0 Å². The molecule has 1 fully saturated rings. The average Bonchev–Trinajstić information content (AvgIpc) is 2.79. The van der Waals surface area contributed by atoms with Crippen molar-refractivity contribution in [1.82, 2.24) is 20.4 Å². The number of aromatic nitrogens is 2. The van der Waals surface area contributed by atoms with Crippen molar-refractivity contribution in [3.8, 4) is 0 Å². The number of thioether (sulfide) groups is 1. The Kier molecular flexibility index (Phi) is 4.50. The van der Waals surface area contributed by atoms with Crippen LogP contribution in [0.15, 0.2) is 12.3 Å². The number of nitrogens with one attached hydrogen (secondary N) is 2. The summed E-state index contributed by atoms with van der Waals surface area (Å²) in [5.41, 5.74) is 1.16. The van der Waals surface area contributed by atoms with Gasteiger partial charge in [-0.15, -0.1) is 0 Å². The normalized spacial score (nSPS) is 18.1. The van der Waals surface area contributed by atoms with E-state index < -0.39 is 0 Å². The second kappa shape index (κ2) is 6.15. The van der Waals surface area contributed by atoms with Crippen molar-refractivity contribution in [3.63, 3.8) is 0 Å². The third-order valence-corrected chi connectivity index (χ3v) is 3.52. The monoisotopic (exact) mass is 226 g/mol. The number of rotatable bonds is 5. The molecule has 0 amide bonds. The van der Waals surface area contributed by atoms with Gasteiger partial charge in [-0.1, -0.05) is 0 Å². The van der Waals surface area contributed by atoms with Crippen LogP contribution in [-0.4, -0.2) is 52.8 Å². The minimum absolute atomic E-state index is 0.891. The second-order valence-corrected chi connectivity index (χ2v) is 4.94. The Balaban J connectivity index is 1.54. The van der Waals surface area contributed by atoms with Crippen LogP contribution in [0.2, 0.25) is 0 Å². The lowest BCUT2D eigenvalue weighted by Gasteiger charge is -2.25. The SMILES string of the molecule is c1cc(CNCCN2CCSCC2)[nH]n1. The minimum atomic E-state index is 0.891. The molecule has 1 saturated heterocycles. The Labute approximate surface area is 94.8 Å². The summed E-state index contributed by atoms with van der Waals surface area (Å²) in [7, 11) is 0. The third-order valence-electron chi connectivity index (χ3n) is 2.58. The molecule has 2 N–H and O–H groups in total. The molecule has 5 heteroatoms. The van der Waals surface area contributed by atoms with Crippen LogP contribution in [0, 0.1) is 0 Å². The molecule has 0 saturated carbocycles. The smallest absolute Gasteiger partial charge is 0.0490 e. The molecule has 0 aromatic carbocycles. The number of aromatic amines is 1. The second-order valence-electron chi connectivity index (χ2n) is 3.71. The molecule has 0 unspecified atom stereocenters. The fourth-order valence-corrected chi connectivity index (χ4v) is 2.65. The fraction of sp³-hybridized carbons (Fsp3) is 0.700. The van der Waals surface area contributed by atoms with E-state index in [2.05, 4.69) is 32.2 Å². The van der Waals surface area contributed by atoms with Crippen LogP contribution >= 0.6 is 11.8 Å². The highest BCUT2D eigenvalue weighted by Crippen LogP contribution is 2.07. The highest BCUT2D eigenvalue weighted by Gasteiger charge is 2.08. The first kappa shape index (κ1) is 11.0. The van der Waals surface area contributed by atoms with Gasteiger partial charge in [0.2, 0.25) is 0 Å². The van der Waals surface area contributed by atoms with Gasteiger partial charge in [-0.3, -0.25) is 5.10 Å². The van der Waals surface area contributed by atoms with Crippen molar-refractivity contribution in [2.75, 3.05) is 37.7 Å². The van der Waals surface area contributed by atoms with Gasteiger partial charge in [-0.25, -0.2) is 0 Å². The lowest BCUT2D eigenvalue weighted by atomic mass is 10.4. The van der Waals surface area contributed by atoms with Gasteiger partial charge in [0.15, 0.2) is 0 Å². The van der Waals surface area contributed by atoms with Gasteiger partial charge < -0.3 is 10.2 Å². The first-order valence-corrected chi connectivity index (χ1v) is 6.60. The number of hydrogen-bond donors (Lipinski definition) is 2. The molecule has 84 valence electrons. The van der Waals surface area contributed by atoms with Crippen LogP contribution in [0.4, 0.5) is 0 Å². The summed E-state index contributed by atoms with van der Waals surface area (Å²) in [6, 6.07) is 2.00. The highest BCUT2D eigenvalue weighted by atomic mass is 32.2. The lowest BCUT2D eigenvalue weighted by Crippen LogP contribution is -2.37. The molecule has 1 aliphatic heterocycles. The Morgan fingerprint density at radius 1 is 1.47 bits per heavy atom. The van der Waals surface area contributed by atoms with Gasteiger partial charge in [0.05, 0.1) is 0 Å². The van der Waals surface area contributed by atoms with E-state index >= 15 is 0 Å². The molecule has 1 aromatic heterocycles. The Morgan fingerprint density at radius 3 is 3.07 bits per heavy atom. The summed E-state index contributed by atoms with van der Waals surface area (Å²) >= 11 is 2.06. The van der Waals surface area contributed by atoms with E-state index in [1.54, 1.807) is 6.20 Å². The van der Waals surface area contributed by atoms with Crippen LogP contribution in [0.5, 0.6) is 0 Å². The molecule has 0 bridgehead atoms. The van der Waals surface area contributed by atoms with Crippen LogP contribution < -0.4 is 5.32 Å². The predicted molar refractivity (Wildman–Crippen MR) is 64.1 cm³/mol. The van der Waals surface area contributed by atoms with Gasteiger partial charge >= 0.3 is 0 Å². The largest absolute Gasteiger partial charge is 0.310 e. The van der Waals surface area contributed by atoms with Gasteiger partial charge in [0, 0.05) is 56.1 Å². The van der Waals surface area contributed by atoms with E-state index in [0.717, 1.165) is 25.3 Å². The maximum Gasteiger partial charge on any atom is 0.0490 e. The van der Waals surface area contributed by atoms with Gasteiger partial charge in [-0.2, -0.15) is 16.9 Å². The maximum atomic E-state index is 3.91. The average molecular weight is 226 g/mol. The van der Waals surface area contributed by atoms with Crippen molar-refractivity contribution in [1.29, 1.82) is 0 Å². The zero-order valence-corrected chi connectivity index (χ0v) is 9.72.